The average molecular weight is 742 g/mol. The zero-order valence-corrected chi connectivity index (χ0v) is 32.4. The van der Waals surface area contributed by atoms with Gasteiger partial charge in [0, 0.05) is 33.5 Å². The van der Waals surface area contributed by atoms with Gasteiger partial charge in [0.2, 0.25) is 0 Å². The van der Waals surface area contributed by atoms with Gasteiger partial charge in [0.05, 0.1) is 11.1 Å². The second kappa shape index (κ2) is 12.2. The highest BCUT2D eigenvalue weighted by Gasteiger charge is 2.52. The summed E-state index contributed by atoms with van der Waals surface area (Å²) in [5.41, 5.74) is 17.7. The van der Waals surface area contributed by atoms with Crippen molar-refractivity contribution in [1.82, 2.24) is 0 Å². The molecule has 1 spiro atoms. The lowest BCUT2D eigenvalue weighted by molar-refractivity contribution is 0.438. The predicted octanol–water partition coefficient (Wildman–Crippen LogP) is 14.8. The Kier molecular flexibility index (Phi) is 6.93. The number of ether oxygens (including phenoxy) is 1. The Morgan fingerprint density at radius 1 is 0.397 bits per heavy atom. The van der Waals surface area contributed by atoms with Gasteiger partial charge in [0.15, 0.2) is 0 Å². The molecule has 0 saturated heterocycles. The number of rotatable bonds is 4. The molecule has 0 fully saturated rings. The fourth-order valence-electron chi connectivity index (χ4n) is 10.6. The summed E-state index contributed by atoms with van der Waals surface area (Å²) < 4.78 is 6.86. The van der Waals surface area contributed by atoms with E-state index in [-0.39, 0.29) is 5.41 Å². The van der Waals surface area contributed by atoms with Crippen LogP contribution in [0, 0.1) is 0 Å². The molecule has 9 aromatic rings. The minimum atomic E-state index is -0.626. The van der Waals surface area contributed by atoms with Crippen LogP contribution in [0.15, 0.2) is 200 Å². The number of anilines is 3. The van der Waals surface area contributed by atoms with E-state index in [1.54, 1.807) is 0 Å². The van der Waals surface area contributed by atoms with E-state index in [2.05, 4.69) is 219 Å². The molecule has 1 aliphatic heterocycles. The van der Waals surface area contributed by atoms with Crippen molar-refractivity contribution in [2.75, 3.05) is 4.90 Å². The lowest BCUT2D eigenvalue weighted by atomic mass is 9.65. The summed E-state index contributed by atoms with van der Waals surface area (Å²) in [6.45, 7) is 4.73. The Morgan fingerprint density at radius 3 is 1.76 bits per heavy atom. The zero-order chi connectivity index (χ0) is 38.6. The van der Waals surface area contributed by atoms with E-state index in [4.69, 9.17) is 4.74 Å². The van der Waals surface area contributed by atoms with Gasteiger partial charge < -0.3 is 9.64 Å². The fourth-order valence-corrected chi connectivity index (χ4v) is 10.6. The van der Waals surface area contributed by atoms with Crippen LogP contribution in [0.5, 0.6) is 11.5 Å². The molecular weight excluding hydrogens is 703 g/mol. The number of hydrogen-bond donors (Lipinski definition) is 0. The molecule has 1 atom stereocenters. The van der Waals surface area contributed by atoms with E-state index in [9.17, 15) is 0 Å². The highest BCUT2D eigenvalue weighted by Crippen LogP contribution is 2.64. The molecule has 274 valence electrons. The van der Waals surface area contributed by atoms with Gasteiger partial charge in [-0.2, -0.15) is 0 Å². The summed E-state index contributed by atoms with van der Waals surface area (Å²) in [6.07, 6.45) is 0. The van der Waals surface area contributed by atoms with Gasteiger partial charge in [-0.25, -0.2) is 0 Å². The summed E-state index contributed by atoms with van der Waals surface area (Å²) in [6, 6.07) is 73.7. The van der Waals surface area contributed by atoms with E-state index in [1.807, 2.05) is 0 Å². The van der Waals surface area contributed by atoms with Crippen molar-refractivity contribution in [1.29, 1.82) is 0 Å². The van der Waals surface area contributed by atoms with Crippen LogP contribution in [0.3, 0.4) is 0 Å². The molecule has 3 aliphatic rings. The Hall–Kier alpha value is -7.16. The zero-order valence-electron chi connectivity index (χ0n) is 32.4. The maximum absolute atomic E-state index is 6.86. The van der Waals surface area contributed by atoms with Crippen LogP contribution in [0.2, 0.25) is 0 Å². The highest BCUT2D eigenvalue weighted by atomic mass is 16.5. The van der Waals surface area contributed by atoms with Crippen LogP contribution in [0.25, 0.3) is 44.2 Å². The summed E-state index contributed by atoms with van der Waals surface area (Å²) in [4.78, 5) is 2.49. The number of para-hydroxylation sites is 2. The minimum Gasteiger partial charge on any atom is -0.457 e. The maximum atomic E-state index is 6.86. The quantitative estimate of drug-likeness (QED) is 0.178. The summed E-state index contributed by atoms with van der Waals surface area (Å²) in [5.74, 6) is 1.79. The van der Waals surface area contributed by atoms with Crippen molar-refractivity contribution < 1.29 is 4.74 Å². The van der Waals surface area contributed by atoms with Gasteiger partial charge in [0.1, 0.15) is 11.5 Å². The third kappa shape index (κ3) is 4.43. The van der Waals surface area contributed by atoms with Gasteiger partial charge in [-0.1, -0.05) is 172 Å². The van der Waals surface area contributed by atoms with E-state index in [0.29, 0.717) is 0 Å². The number of hydrogen-bond acceptors (Lipinski definition) is 2. The first-order valence-electron chi connectivity index (χ1n) is 20.3. The first-order valence-corrected chi connectivity index (χ1v) is 20.3. The van der Waals surface area contributed by atoms with Crippen LogP contribution in [-0.4, -0.2) is 0 Å². The number of nitrogens with zero attached hydrogens (tertiary/aromatic N) is 1. The Labute approximate surface area is 339 Å². The van der Waals surface area contributed by atoms with E-state index < -0.39 is 5.41 Å². The predicted molar refractivity (Wildman–Crippen MR) is 239 cm³/mol. The number of fused-ring (bicyclic) bond motifs is 14. The first-order chi connectivity index (χ1) is 28.5. The van der Waals surface area contributed by atoms with Crippen LogP contribution < -0.4 is 9.64 Å². The normalized spacial score (nSPS) is 16.1. The van der Waals surface area contributed by atoms with Crippen molar-refractivity contribution in [2.24, 2.45) is 0 Å². The largest absolute Gasteiger partial charge is 0.457 e. The lowest BCUT2D eigenvalue weighted by Gasteiger charge is -2.40. The van der Waals surface area contributed by atoms with Gasteiger partial charge in [-0.05, 0) is 103 Å². The molecule has 0 aromatic heterocycles. The van der Waals surface area contributed by atoms with Gasteiger partial charge in [-0.3, -0.25) is 0 Å². The molecule has 1 unspecified atom stereocenters. The topological polar surface area (TPSA) is 12.5 Å². The smallest absolute Gasteiger partial charge is 0.132 e. The molecule has 58 heavy (non-hydrogen) atoms. The van der Waals surface area contributed by atoms with Crippen LogP contribution in [0.1, 0.15) is 47.2 Å². The lowest BCUT2D eigenvalue weighted by Crippen LogP contribution is -2.32. The van der Waals surface area contributed by atoms with E-state index in [1.165, 1.54) is 72.0 Å². The Morgan fingerprint density at radius 2 is 0.966 bits per heavy atom. The summed E-state index contributed by atoms with van der Waals surface area (Å²) in [7, 11) is 0. The molecule has 0 saturated carbocycles. The monoisotopic (exact) mass is 741 g/mol. The highest BCUT2D eigenvalue weighted by molar-refractivity contribution is 5.99. The average Bonchev–Trinajstić information content (AvgIpc) is 3.69. The van der Waals surface area contributed by atoms with Crippen LogP contribution in [-0.2, 0) is 10.8 Å². The fraction of sp³-hybridized carbons (Fsp3) is 0.0714. The molecular formula is C56H39NO. The molecule has 9 aromatic carbocycles. The molecule has 0 amide bonds. The van der Waals surface area contributed by atoms with Gasteiger partial charge in [-0.15, -0.1) is 0 Å². The van der Waals surface area contributed by atoms with Gasteiger partial charge in [0.25, 0.3) is 0 Å². The summed E-state index contributed by atoms with van der Waals surface area (Å²) >= 11 is 0. The second-order valence-electron chi connectivity index (χ2n) is 16.4. The van der Waals surface area contributed by atoms with Crippen LogP contribution >= 0.6 is 0 Å². The van der Waals surface area contributed by atoms with Crippen molar-refractivity contribution in [3.63, 3.8) is 0 Å². The molecule has 0 bridgehead atoms. The van der Waals surface area contributed by atoms with Crippen molar-refractivity contribution in [3.8, 4) is 44.9 Å². The van der Waals surface area contributed by atoms with Gasteiger partial charge >= 0.3 is 0 Å². The van der Waals surface area contributed by atoms with Crippen molar-refractivity contribution >= 4 is 27.8 Å². The molecule has 12 rings (SSSR count). The van der Waals surface area contributed by atoms with E-state index in [0.717, 1.165) is 34.1 Å². The Balaban J connectivity index is 1.17. The standard InChI is InChI=1S/C56H39NO/c1-55(2)46-23-11-8-21-42(46)44-31-29-38(34-49(44)55)57(51-26-14-10-19-40(51)36-16-4-3-5-17-36)39-30-32-45-43-22-9-12-24-47(43)56(50(45)35-39)48-25-13-15-27-52(48)58-53-33-28-37-18-6-7-20-41(37)54(53)56/h3-35H,1-2H3. The maximum Gasteiger partial charge on any atom is 0.132 e. The molecule has 2 heteroatoms. The Bertz CT molecular complexity index is 3140. The summed E-state index contributed by atoms with van der Waals surface area (Å²) in [5, 5.41) is 2.40. The minimum absolute atomic E-state index is 0.146. The van der Waals surface area contributed by atoms with Crippen molar-refractivity contribution in [3.05, 3.63) is 234 Å². The van der Waals surface area contributed by atoms with E-state index >= 15 is 0 Å². The number of benzene rings is 9. The molecule has 1 heterocycles. The second-order valence-corrected chi connectivity index (χ2v) is 16.4. The molecule has 2 aliphatic carbocycles. The third-order valence-electron chi connectivity index (χ3n) is 13.1. The first kappa shape index (κ1) is 33.0. The molecule has 0 radical (unpaired) electrons. The third-order valence-corrected chi connectivity index (χ3v) is 13.1. The SMILES string of the molecule is CC1(C)c2ccccc2-c2ccc(N(c3ccc4c(c3)C3(c5ccccc5Oc5ccc6ccccc6c53)c3ccccc3-4)c3ccccc3-c3ccccc3)cc21. The van der Waals surface area contributed by atoms with Crippen LogP contribution in [0.4, 0.5) is 17.1 Å². The van der Waals surface area contributed by atoms with Crippen molar-refractivity contribution in [2.45, 2.75) is 24.7 Å². The molecule has 2 nitrogen and oxygen atoms in total. The molecule has 0 N–H and O–H groups in total.